The summed E-state index contributed by atoms with van der Waals surface area (Å²) in [5, 5.41) is 0. The van der Waals surface area contributed by atoms with Crippen molar-refractivity contribution in [1.82, 2.24) is 4.72 Å². The predicted octanol–water partition coefficient (Wildman–Crippen LogP) is 3.49. The fraction of sp³-hybridized carbons (Fsp3) is 0.500. The molecule has 0 amide bonds. The molecule has 0 aliphatic carbocycles. The summed E-state index contributed by atoms with van der Waals surface area (Å²) >= 11 is 6.60. The number of nitrogens with zero attached hydrogens (tertiary/aromatic N) is 2. The van der Waals surface area contributed by atoms with Crippen molar-refractivity contribution < 1.29 is 8.42 Å². The molecule has 0 bridgehead atoms. The van der Waals surface area contributed by atoms with E-state index in [-0.39, 0.29) is 4.90 Å². The van der Waals surface area contributed by atoms with Crippen LogP contribution in [0.25, 0.3) is 0 Å². The molecule has 0 unspecified atom stereocenters. The van der Waals surface area contributed by atoms with Crippen molar-refractivity contribution >= 4 is 44.4 Å². The molecule has 1 aromatic carbocycles. The first-order valence-electron chi connectivity index (χ1n) is 6.42. The zero-order chi connectivity index (χ0) is 14.4. The minimum Gasteiger partial charge on any atom is -0.211 e. The quantitative estimate of drug-likeness (QED) is 0.593. The van der Waals surface area contributed by atoms with Gasteiger partial charge in [-0.2, -0.15) is 8.73 Å². The maximum atomic E-state index is 12.2. The largest absolute Gasteiger partial charge is 0.242 e. The second kappa shape index (κ2) is 7.31. The van der Waals surface area contributed by atoms with E-state index in [1.807, 2.05) is 0 Å². The molecule has 0 radical (unpaired) electrons. The van der Waals surface area contributed by atoms with Gasteiger partial charge >= 0.3 is 0 Å². The lowest BCUT2D eigenvalue weighted by Crippen LogP contribution is -2.24. The highest BCUT2D eigenvalue weighted by molar-refractivity contribution is 7.89. The Hall–Kier alpha value is -0.760. The summed E-state index contributed by atoms with van der Waals surface area (Å²) in [6, 6.07) is 4.99. The second-order valence-corrected chi connectivity index (χ2v) is 7.03. The zero-order valence-electron chi connectivity index (χ0n) is 10.9. The van der Waals surface area contributed by atoms with E-state index in [9.17, 15) is 8.42 Å². The lowest BCUT2D eigenvalue weighted by atomic mass is 10.2. The maximum Gasteiger partial charge on any atom is 0.242 e. The standard InChI is InChI=1S/C12H16ClN3O2S2/c13-8-3-1-2-4-9-14-20(17,18)11-7-5-6-10-12(11)16-19-15-10/h5-7,14H,1-4,8-9H2. The number of halogens is 1. The molecule has 0 fully saturated rings. The van der Waals surface area contributed by atoms with Crippen LogP contribution in [0.2, 0.25) is 0 Å². The summed E-state index contributed by atoms with van der Waals surface area (Å²) in [6.07, 6.45) is 3.77. The molecule has 1 aliphatic rings. The molecule has 2 rings (SSSR count). The summed E-state index contributed by atoms with van der Waals surface area (Å²) in [4.78, 5) is 0.199. The van der Waals surface area contributed by atoms with Crippen LogP contribution in [0, 0.1) is 0 Å². The van der Waals surface area contributed by atoms with E-state index in [0.717, 1.165) is 37.0 Å². The van der Waals surface area contributed by atoms with Gasteiger partial charge in [0.25, 0.3) is 0 Å². The molecule has 0 atom stereocenters. The lowest BCUT2D eigenvalue weighted by Gasteiger charge is -2.08. The van der Waals surface area contributed by atoms with Crippen LogP contribution in [0.3, 0.4) is 0 Å². The molecule has 1 aliphatic heterocycles. The molecule has 1 N–H and O–H groups in total. The Balaban J connectivity index is 1.95. The number of hydrogen-bond acceptors (Lipinski definition) is 4. The second-order valence-electron chi connectivity index (χ2n) is 4.39. The van der Waals surface area contributed by atoms with Crippen LogP contribution in [0.1, 0.15) is 25.7 Å². The first-order chi connectivity index (χ1) is 9.65. The van der Waals surface area contributed by atoms with Gasteiger partial charge in [-0.1, -0.05) is 18.9 Å². The van der Waals surface area contributed by atoms with Crippen LogP contribution in [0.15, 0.2) is 31.8 Å². The average Bonchev–Trinajstić information content (AvgIpc) is 2.90. The van der Waals surface area contributed by atoms with Gasteiger partial charge in [-0.05, 0) is 25.0 Å². The highest BCUT2D eigenvalue weighted by atomic mass is 35.5. The van der Waals surface area contributed by atoms with Crippen LogP contribution >= 0.6 is 11.6 Å². The number of unbranched alkanes of at least 4 members (excludes halogenated alkanes) is 3. The molecule has 1 heterocycles. The van der Waals surface area contributed by atoms with Gasteiger partial charge in [0.2, 0.25) is 10.0 Å². The van der Waals surface area contributed by atoms with Gasteiger partial charge in [0, 0.05) is 12.4 Å². The lowest BCUT2D eigenvalue weighted by molar-refractivity contribution is 0.574. The van der Waals surface area contributed by atoms with E-state index in [0.29, 0.717) is 23.8 Å². The van der Waals surface area contributed by atoms with E-state index in [1.54, 1.807) is 18.2 Å². The number of rotatable bonds is 8. The van der Waals surface area contributed by atoms with Crippen LogP contribution in [-0.2, 0) is 21.4 Å². The van der Waals surface area contributed by atoms with E-state index < -0.39 is 10.0 Å². The van der Waals surface area contributed by atoms with Crippen molar-refractivity contribution in [2.24, 2.45) is 8.73 Å². The smallest absolute Gasteiger partial charge is 0.211 e. The van der Waals surface area contributed by atoms with Crippen molar-refractivity contribution in [1.29, 1.82) is 0 Å². The molecule has 0 aromatic heterocycles. The zero-order valence-corrected chi connectivity index (χ0v) is 13.3. The molecule has 5 nitrogen and oxygen atoms in total. The molecule has 0 spiro atoms. The van der Waals surface area contributed by atoms with Crippen molar-refractivity contribution in [2.75, 3.05) is 12.4 Å². The minimum absolute atomic E-state index is 0.199. The Kier molecular flexibility index (Phi) is 5.71. The van der Waals surface area contributed by atoms with Crippen LogP contribution in [0.5, 0.6) is 0 Å². The van der Waals surface area contributed by atoms with Crippen molar-refractivity contribution in [2.45, 2.75) is 30.6 Å². The molecular weight excluding hydrogens is 318 g/mol. The fourth-order valence-electron chi connectivity index (χ4n) is 1.86. The molecule has 8 heteroatoms. The number of alkyl halides is 1. The SMILES string of the molecule is O=S(=O)(NCCCCCCCl)c1cccc2c1N=S=N2. The van der Waals surface area contributed by atoms with Crippen molar-refractivity contribution in [3.8, 4) is 0 Å². The molecule has 1 aromatic rings. The first-order valence-corrected chi connectivity index (χ1v) is 9.17. The highest BCUT2D eigenvalue weighted by Gasteiger charge is 2.21. The average molecular weight is 334 g/mol. The fourth-order valence-corrected chi connectivity index (χ4v) is 3.88. The molecule has 110 valence electrons. The summed E-state index contributed by atoms with van der Waals surface area (Å²) in [7, 11) is -3.52. The van der Waals surface area contributed by atoms with Crippen LogP contribution in [-0.4, -0.2) is 20.8 Å². The number of benzene rings is 1. The third kappa shape index (κ3) is 3.88. The molecule has 0 saturated heterocycles. The Morgan fingerprint density at radius 1 is 1.15 bits per heavy atom. The Morgan fingerprint density at radius 2 is 1.95 bits per heavy atom. The first kappa shape index (κ1) is 15.6. The maximum absolute atomic E-state index is 12.2. The minimum atomic E-state index is -3.52. The van der Waals surface area contributed by atoms with E-state index in [2.05, 4.69) is 13.4 Å². The number of fused-ring (bicyclic) bond motifs is 1. The Labute approximate surface area is 127 Å². The van der Waals surface area contributed by atoms with Gasteiger partial charge in [0.05, 0.1) is 11.4 Å². The van der Waals surface area contributed by atoms with Gasteiger partial charge in [0.1, 0.15) is 16.3 Å². The molecular formula is C12H16ClN3O2S2. The van der Waals surface area contributed by atoms with E-state index in [1.165, 1.54) is 0 Å². The van der Waals surface area contributed by atoms with Crippen molar-refractivity contribution in [3.05, 3.63) is 18.2 Å². The van der Waals surface area contributed by atoms with Crippen LogP contribution in [0.4, 0.5) is 11.4 Å². The van der Waals surface area contributed by atoms with Gasteiger partial charge in [-0.3, -0.25) is 0 Å². The Bertz CT molecular complexity index is 640. The van der Waals surface area contributed by atoms with Gasteiger partial charge in [-0.15, -0.1) is 11.6 Å². The Morgan fingerprint density at radius 3 is 2.75 bits per heavy atom. The van der Waals surface area contributed by atoms with Gasteiger partial charge < -0.3 is 0 Å². The molecule has 20 heavy (non-hydrogen) atoms. The summed E-state index contributed by atoms with van der Waals surface area (Å²) in [5.41, 5.74) is 1.05. The topological polar surface area (TPSA) is 70.9 Å². The number of sulfonamides is 1. The third-order valence-corrected chi connectivity index (χ3v) is 5.19. The summed E-state index contributed by atoms with van der Waals surface area (Å²) in [5.74, 6) is 0.657. The predicted molar refractivity (Wildman–Crippen MR) is 82.4 cm³/mol. The van der Waals surface area contributed by atoms with Gasteiger partial charge in [-0.25, -0.2) is 13.1 Å². The van der Waals surface area contributed by atoms with E-state index >= 15 is 0 Å². The normalized spacial score (nSPS) is 13.2. The monoisotopic (exact) mass is 333 g/mol. The number of nitrogens with one attached hydrogen (secondary N) is 1. The third-order valence-electron chi connectivity index (χ3n) is 2.89. The summed E-state index contributed by atoms with van der Waals surface area (Å²) in [6.45, 7) is 0.429. The number of hydrogen-bond donors (Lipinski definition) is 1. The van der Waals surface area contributed by atoms with Gasteiger partial charge in [0.15, 0.2) is 0 Å². The van der Waals surface area contributed by atoms with E-state index in [4.69, 9.17) is 11.6 Å². The highest BCUT2D eigenvalue weighted by Crippen LogP contribution is 2.37. The van der Waals surface area contributed by atoms with Crippen LogP contribution < -0.4 is 4.72 Å². The summed E-state index contributed by atoms with van der Waals surface area (Å²) < 4.78 is 35.2. The van der Waals surface area contributed by atoms with Crippen molar-refractivity contribution in [3.63, 3.8) is 0 Å². The molecule has 0 saturated carbocycles.